The number of hydrogen-bond donors (Lipinski definition) is 1. The molecule has 5 heteroatoms. The van der Waals surface area contributed by atoms with Gasteiger partial charge in [0.2, 0.25) is 0 Å². The van der Waals surface area contributed by atoms with Gasteiger partial charge in [-0.1, -0.05) is 29.8 Å². The lowest BCUT2D eigenvalue weighted by Gasteiger charge is -2.42. The maximum absolute atomic E-state index is 9.99. The first-order valence-electron chi connectivity index (χ1n) is 8.08. The molecule has 0 aliphatic carbocycles. The zero-order valence-electron chi connectivity index (χ0n) is 13.9. The molecule has 23 heavy (non-hydrogen) atoms. The second-order valence-corrected chi connectivity index (χ2v) is 6.56. The minimum absolute atomic E-state index is 0.0305. The molecule has 2 aromatic rings. The van der Waals surface area contributed by atoms with E-state index in [0.29, 0.717) is 6.61 Å². The third-order valence-electron chi connectivity index (χ3n) is 4.56. The third-order valence-corrected chi connectivity index (χ3v) is 4.56. The van der Waals surface area contributed by atoms with E-state index in [-0.39, 0.29) is 6.61 Å². The van der Waals surface area contributed by atoms with Crippen LogP contribution in [0, 0.1) is 6.92 Å². The van der Waals surface area contributed by atoms with Crippen molar-refractivity contribution in [1.29, 1.82) is 0 Å². The molecule has 1 aliphatic heterocycles. The summed E-state index contributed by atoms with van der Waals surface area (Å²) in [5, 5.41) is 9.99. The number of rotatable bonds is 5. The number of aliphatic hydroxyl groups is 1. The van der Waals surface area contributed by atoms with Crippen molar-refractivity contribution in [3.63, 3.8) is 0 Å². The van der Waals surface area contributed by atoms with Gasteiger partial charge in [-0.3, -0.25) is 4.90 Å². The Balaban J connectivity index is 1.70. The molecule has 1 N–H and O–H groups in total. The van der Waals surface area contributed by atoms with Gasteiger partial charge in [0.1, 0.15) is 5.60 Å². The lowest BCUT2D eigenvalue weighted by Crippen LogP contribution is -2.55. The number of ether oxygens (including phenoxy) is 1. The van der Waals surface area contributed by atoms with Crippen LogP contribution in [0.25, 0.3) is 0 Å². The number of morpholine rings is 1. The van der Waals surface area contributed by atoms with Crippen LogP contribution in [-0.2, 0) is 24.8 Å². The molecule has 1 fully saturated rings. The molecule has 1 saturated heterocycles. The maximum Gasteiger partial charge on any atom is 0.108 e. The van der Waals surface area contributed by atoms with Crippen molar-refractivity contribution in [2.45, 2.75) is 25.5 Å². The van der Waals surface area contributed by atoms with Crippen LogP contribution in [0.1, 0.15) is 16.8 Å². The normalized spacial score (nSPS) is 22.4. The number of imidazole rings is 1. The van der Waals surface area contributed by atoms with Crippen LogP contribution in [0.3, 0.4) is 0 Å². The van der Waals surface area contributed by atoms with Gasteiger partial charge in [0, 0.05) is 39.3 Å². The largest absolute Gasteiger partial charge is 0.393 e. The van der Waals surface area contributed by atoms with Crippen molar-refractivity contribution in [2.24, 2.45) is 7.05 Å². The van der Waals surface area contributed by atoms with E-state index in [1.807, 2.05) is 24.1 Å². The summed E-state index contributed by atoms with van der Waals surface area (Å²) in [5.41, 5.74) is 3.10. The number of hydrogen-bond acceptors (Lipinski definition) is 4. The molecular formula is C18H25N3O2. The van der Waals surface area contributed by atoms with Crippen LogP contribution in [0.15, 0.2) is 36.8 Å². The average molecular weight is 315 g/mol. The molecule has 1 atom stereocenters. The molecule has 5 nitrogen and oxygen atoms in total. The lowest BCUT2D eigenvalue weighted by molar-refractivity contribution is -0.134. The first kappa shape index (κ1) is 16.2. The number of aryl methyl sites for hydroxylation is 2. The van der Waals surface area contributed by atoms with Gasteiger partial charge in [-0.05, 0) is 12.5 Å². The fourth-order valence-electron chi connectivity index (χ4n) is 3.16. The molecule has 1 unspecified atom stereocenters. The average Bonchev–Trinajstić information content (AvgIpc) is 2.95. The molecule has 0 saturated carbocycles. The number of aliphatic hydroxyl groups excluding tert-OH is 1. The monoisotopic (exact) mass is 315 g/mol. The van der Waals surface area contributed by atoms with Crippen molar-refractivity contribution in [3.8, 4) is 0 Å². The molecule has 0 bridgehead atoms. The van der Waals surface area contributed by atoms with Gasteiger partial charge < -0.3 is 14.4 Å². The Morgan fingerprint density at radius 3 is 2.74 bits per heavy atom. The number of benzene rings is 1. The highest BCUT2D eigenvalue weighted by Gasteiger charge is 2.36. The SMILES string of the molecule is Cc1ccc(CC2(CO)CN(Cc3cncn3C)CCO2)cc1. The van der Waals surface area contributed by atoms with Crippen LogP contribution in [0.5, 0.6) is 0 Å². The quantitative estimate of drug-likeness (QED) is 0.909. The molecular weight excluding hydrogens is 290 g/mol. The highest BCUT2D eigenvalue weighted by Crippen LogP contribution is 2.24. The number of nitrogens with zero attached hydrogens (tertiary/aromatic N) is 3. The second-order valence-electron chi connectivity index (χ2n) is 6.56. The smallest absolute Gasteiger partial charge is 0.108 e. The number of aromatic nitrogens is 2. The van der Waals surface area contributed by atoms with Crippen molar-refractivity contribution in [1.82, 2.24) is 14.5 Å². The zero-order chi connectivity index (χ0) is 16.3. The van der Waals surface area contributed by atoms with Crippen LogP contribution in [0.2, 0.25) is 0 Å². The Morgan fingerprint density at radius 1 is 1.30 bits per heavy atom. The van der Waals surface area contributed by atoms with E-state index in [9.17, 15) is 5.11 Å². The second kappa shape index (κ2) is 6.83. The fraction of sp³-hybridized carbons (Fsp3) is 0.500. The van der Waals surface area contributed by atoms with E-state index < -0.39 is 5.60 Å². The first-order chi connectivity index (χ1) is 11.1. The van der Waals surface area contributed by atoms with Gasteiger partial charge in [0.15, 0.2) is 0 Å². The Bertz CT molecular complexity index is 638. The third kappa shape index (κ3) is 3.80. The van der Waals surface area contributed by atoms with Crippen molar-refractivity contribution < 1.29 is 9.84 Å². The van der Waals surface area contributed by atoms with Gasteiger partial charge in [0.25, 0.3) is 0 Å². The Hall–Kier alpha value is -1.69. The summed E-state index contributed by atoms with van der Waals surface area (Å²) >= 11 is 0. The van der Waals surface area contributed by atoms with E-state index in [2.05, 4.69) is 41.1 Å². The minimum atomic E-state index is -0.522. The molecule has 1 aromatic carbocycles. The van der Waals surface area contributed by atoms with Gasteiger partial charge >= 0.3 is 0 Å². The van der Waals surface area contributed by atoms with Crippen molar-refractivity contribution in [2.75, 3.05) is 26.3 Å². The Kier molecular flexibility index (Phi) is 4.80. The van der Waals surface area contributed by atoms with Crippen molar-refractivity contribution >= 4 is 0 Å². The van der Waals surface area contributed by atoms with Gasteiger partial charge in [-0.25, -0.2) is 4.98 Å². The first-order valence-corrected chi connectivity index (χ1v) is 8.08. The zero-order valence-corrected chi connectivity index (χ0v) is 13.9. The van der Waals surface area contributed by atoms with Gasteiger partial charge in [-0.2, -0.15) is 0 Å². The molecule has 1 aliphatic rings. The summed E-state index contributed by atoms with van der Waals surface area (Å²) in [4.78, 5) is 6.51. The Labute approximate surface area is 137 Å². The molecule has 2 heterocycles. The summed E-state index contributed by atoms with van der Waals surface area (Å²) in [5.74, 6) is 0. The summed E-state index contributed by atoms with van der Waals surface area (Å²) in [6.07, 6.45) is 4.45. The van der Waals surface area contributed by atoms with E-state index in [4.69, 9.17) is 4.74 Å². The minimum Gasteiger partial charge on any atom is -0.393 e. The van der Waals surface area contributed by atoms with E-state index in [0.717, 1.165) is 26.1 Å². The van der Waals surface area contributed by atoms with Crippen molar-refractivity contribution in [3.05, 3.63) is 53.6 Å². The molecule has 1 aromatic heterocycles. The van der Waals surface area contributed by atoms with E-state index in [1.165, 1.54) is 16.8 Å². The molecule has 3 rings (SSSR count). The molecule has 0 radical (unpaired) electrons. The summed E-state index contributed by atoms with van der Waals surface area (Å²) < 4.78 is 8.05. The van der Waals surface area contributed by atoms with Gasteiger partial charge in [0.05, 0.1) is 25.2 Å². The topological polar surface area (TPSA) is 50.5 Å². The van der Waals surface area contributed by atoms with E-state index in [1.54, 1.807) is 0 Å². The molecule has 124 valence electrons. The summed E-state index contributed by atoms with van der Waals surface area (Å²) in [6.45, 7) is 5.18. The van der Waals surface area contributed by atoms with Crippen LogP contribution in [0.4, 0.5) is 0 Å². The predicted octanol–water partition coefficient (Wildman–Crippen LogP) is 1.53. The van der Waals surface area contributed by atoms with Crippen LogP contribution in [-0.4, -0.2) is 51.5 Å². The fourth-order valence-corrected chi connectivity index (χ4v) is 3.16. The standard InChI is InChI=1S/C18H25N3O2/c1-15-3-5-16(6-4-15)9-18(13-22)12-21(7-8-23-18)11-17-10-19-14-20(17)2/h3-6,10,14,22H,7-9,11-13H2,1-2H3. The molecule has 0 spiro atoms. The Morgan fingerprint density at radius 2 is 2.09 bits per heavy atom. The lowest BCUT2D eigenvalue weighted by atomic mass is 9.92. The highest BCUT2D eigenvalue weighted by molar-refractivity contribution is 5.23. The van der Waals surface area contributed by atoms with Gasteiger partial charge in [-0.15, -0.1) is 0 Å². The van der Waals surface area contributed by atoms with E-state index >= 15 is 0 Å². The predicted molar refractivity (Wildman–Crippen MR) is 89.1 cm³/mol. The van der Waals surface area contributed by atoms with Crippen LogP contribution >= 0.6 is 0 Å². The maximum atomic E-state index is 9.99. The van der Waals surface area contributed by atoms with Crippen LogP contribution < -0.4 is 0 Å². The molecule has 0 amide bonds. The summed E-state index contributed by atoms with van der Waals surface area (Å²) in [7, 11) is 2.01. The summed E-state index contributed by atoms with van der Waals surface area (Å²) in [6, 6.07) is 8.46. The highest BCUT2D eigenvalue weighted by atomic mass is 16.5.